The fourth-order valence-corrected chi connectivity index (χ4v) is 2.81. The van der Waals surface area contributed by atoms with Crippen LogP contribution in [0.1, 0.15) is 32.6 Å². The summed E-state index contributed by atoms with van der Waals surface area (Å²) in [6, 6.07) is 6.35. The largest absolute Gasteiger partial charge is 0.487 e. The molecule has 1 amide bonds. The predicted molar refractivity (Wildman–Crippen MR) is 84.4 cm³/mol. The molecule has 5 heteroatoms. The highest BCUT2D eigenvalue weighted by Crippen LogP contribution is 2.22. The van der Waals surface area contributed by atoms with E-state index in [1.807, 2.05) is 11.9 Å². The van der Waals surface area contributed by atoms with E-state index in [0.29, 0.717) is 18.8 Å². The van der Waals surface area contributed by atoms with Gasteiger partial charge >= 0.3 is 0 Å². The first kappa shape index (κ1) is 16.7. The number of rotatable bonds is 6. The highest BCUT2D eigenvalue weighted by atomic mass is 19.1. The highest BCUT2D eigenvalue weighted by molar-refractivity contribution is 5.81. The molecule has 1 aromatic carbocycles. The van der Waals surface area contributed by atoms with Gasteiger partial charge in [-0.05, 0) is 25.6 Å². The fourth-order valence-electron chi connectivity index (χ4n) is 2.81. The van der Waals surface area contributed by atoms with E-state index in [1.165, 1.54) is 6.07 Å². The van der Waals surface area contributed by atoms with Crippen LogP contribution in [0.15, 0.2) is 24.3 Å². The van der Waals surface area contributed by atoms with E-state index in [0.717, 1.165) is 25.7 Å². The molecule has 1 aliphatic rings. The molecule has 1 aromatic rings. The van der Waals surface area contributed by atoms with Gasteiger partial charge in [-0.15, -0.1) is 0 Å². The SMILES string of the molecule is CCCC(NC)C(=O)N1CCC(Oc2ccccc2F)CC1. The Hall–Kier alpha value is -1.62. The minimum Gasteiger partial charge on any atom is -0.487 e. The topological polar surface area (TPSA) is 41.6 Å². The van der Waals surface area contributed by atoms with Crippen LogP contribution in [0.4, 0.5) is 4.39 Å². The summed E-state index contributed by atoms with van der Waals surface area (Å²) in [5.74, 6) is 0.124. The molecular weight excluding hydrogens is 283 g/mol. The number of nitrogens with zero attached hydrogens (tertiary/aromatic N) is 1. The molecular formula is C17H25FN2O2. The highest BCUT2D eigenvalue weighted by Gasteiger charge is 2.28. The summed E-state index contributed by atoms with van der Waals surface area (Å²) in [5.41, 5.74) is 0. The number of benzene rings is 1. The molecule has 1 fully saturated rings. The van der Waals surface area contributed by atoms with E-state index in [-0.39, 0.29) is 23.9 Å². The molecule has 122 valence electrons. The number of halogens is 1. The number of carbonyl (C=O) groups excluding carboxylic acids is 1. The van der Waals surface area contributed by atoms with Crippen LogP contribution in [0.25, 0.3) is 0 Å². The Bertz CT molecular complexity index is 487. The van der Waals surface area contributed by atoms with E-state index in [9.17, 15) is 9.18 Å². The molecule has 0 radical (unpaired) electrons. The zero-order valence-electron chi connectivity index (χ0n) is 13.3. The second-order valence-electron chi connectivity index (χ2n) is 5.70. The maximum absolute atomic E-state index is 13.6. The van der Waals surface area contributed by atoms with Crippen molar-refractivity contribution in [1.29, 1.82) is 0 Å². The van der Waals surface area contributed by atoms with Gasteiger partial charge in [0.1, 0.15) is 6.10 Å². The molecule has 0 aromatic heterocycles. The van der Waals surface area contributed by atoms with Crippen molar-refractivity contribution in [1.82, 2.24) is 10.2 Å². The molecule has 22 heavy (non-hydrogen) atoms. The minimum atomic E-state index is -0.334. The van der Waals surface area contributed by atoms with Crippen molar-refractivity contribution >= 4 is 5.91 Å². The standard InChI is InChI=1S/C17H25FN2O2/c1-3-6-15(19-2)17(21)20-11-9-13(10-12-20)22-16-8-5-4-7-14(16)18/h4-5,7-8,13,15,19H,3,6,9-12H2,1-2H3. The number of nitrogens with one attached hydrogen (secondary N) is 1. The van der Waals surface area contributed by atoms with Crippen LogP contribution >= 0.6 is 0 Å². The number of amides is 1. The molecule has 2 rings (SSSR count). The van der Waals surface area contributed by atoms with Gasteiger partial charge in [-0.2, -0.15) is 0 Å². The van der Waals surface area contributed by atoms with Crippen LogP contribution in [-0.2, 0) is 4.79 Å². The normalized spacial score (nSPS) is 17.3. The zero-order chi connectivity index (χ0) is 15.9. The third kappa shape index (κ3) is 4.19. The van der Waals surface area contributed by atoms with Crippen LogP contribution in [-0.4, -0.2) is 43.1 Å². The Morgan fingerprint density at radius 1 is 1.41 bits per heavy atom. The first-order valence-electron chi connectivity index (χ1n) is 8.03. The maximum atomic E-state index is 13.6. The number of likely N-dealkylation sites (tertiary alicyclic amines) is 1. The van der Waals surface area contributed by atoms with Crippen molar-refractivity contribution in [2.45, 2.75) is 44.8 Å². The van der Waals surface area contributed by atoms with Crippen LogP contribution < -0.4 is 10.1 Å². The Kier molecular flexibility index (Phi) is 6.19. The predicted octanol–water partition coefficient (Wildman–Crippen LogP) is 2.58. The lowest BCUT2D eigenvalue weighted by Crippen LogP contribution is -2.49. The quantitative estimate of drug-likeness (QED) is 0.878. The molecule has 1 heterocycles. The number of carbonyl (C=O) groups is 1. The van der Waals surface area contributed by atoms with Crippen LogP contribution in [0, 0.1) is 5.82 Å². The lowest BCUT2D eigenvalue weighted by atomic mass is 10.0. The van der Waals surface area contributed by atoms with Crippen LogP contribution in [0.5, 0.6) is 5.75 Å². The summed E-state index contributed by atoms with van der Waals surface area (Å²) in [4.78, 5) is 14.3. The van der Waals surface area contributed by atoms with E-state index in [2.05, 4.69) is 12.2 Å². The van der Waals surface area contributed by atoms with Gasteiger partial charge in [-0.3, -0.25) is 4.79 Å². The average molecular weight is 308 g/mol. The van der Waals surface area contributed by atoms with E-state index >= 15 is 0 Å². The third-order valence-corrected chi connectivity index (χ3v) is 4.11. The number of hydrogen-bond donors (Lipinski definition) is 1. The summed E-state index contributed by atoms with van der Waals surface area (Å²) < 4.78 is 19.3. The second kappa shape index (κ2) is 8.13. The lowest BCUT2D eigenvalue weighted by Gasteiger charge is -2.34. The molecule has 1 N–H and O–H groups in total. The molecule has 1 atom stereocenters. The fraction of sp³-hybridized carbons (Fsp3) is 0.588. The number of piperidine rings is 1. The lowest BCUT2D eigenvalue weighted by molar-refractivity contribution is -0.135. The van der Waals surface area contributed by atoms with Gasteiger partial charge in [0.05, 0.1) is 6.04 Å². The van der Waals surface area contributed by atoms with Gasteiger partial charge in [0.15, 0.2) is 11.6 Å². The van der Waals surface area contributed by atoms with Gasteiger partial charge in [0.25, 0.3) is 0 Å². The van der Waals surface area contributed by atoms with Gasteiger partial charge in [0.2, 0.25) is 5.91 Å². The van der Waals surface area contributed by atoms with Crippen molar-refractivity contribution in [3.63, 3.8) is 0 Å². The smallest absolute Gasteiger partial charge is 0.239 e. The summed E-state index contributed by atoms with van der Waals surface area (Å²) in [6.45, 7) is 3.41. The molecule has 0 spiro atoms. The molecule has 0 aliphatic carbocycles. The average Bonchev–Trinajstić information content (AvgIpc) is 2.55. The molecule has 0 saturated carbocycles. The van der Waals surface area contributed by atoms with Crippen molar-refractivity contribution in [3.8, 4) is 5.75 Å². The first-order valence-corrected chi connectivity index (χ1v) is 8.03. The summed E-state index contributed by atoms with van der Waals surface area (Å²) >= 11 is 0. The minimum absolute atomic E-state index is 0.0276. The third-order valence-electron chi connectivity index (χ3n) is 4.11. The molecule has 1 aliphatic heterocycles. The molecule has 4 nitrogen and oxygen atoms in total. The van der Waals surface area contributed by atoms with E-state index in [4.69, 9.17) is 4.74 Å². The van der Waals surface area contributed by atoms with Crippen molar-refractivity contribution in [2.75, 3.05) is 20.1 Å². The van der Waals surface area contributed by atoms with Gasteiger partial charge in [-0.1, -0.05) is 25.5 Å². The van der Waals surface area contributed by atoms with E-state index < -0.39 is 0 Å². The number of likely N-dealkylation sites (N-methyl/N-ethyl adjacent to an activating group) is 1. The zero-order valence-corrected chi connectivity index (χ0v) is 13.3. The maximum Gasteiger partial charge on any atom is 0.239 e. The Balaban J connectivity index is 1.85. The molecule has 1 saturated heterocycles. The van der Waals surface area contributed by atoms with Crippen LogP contribution in [0.2, 0.25) is 0 Å². The second-order valence-corrected chi connectivity index (χ2v) is 5.70. The van der Waals surface area contributed by atoms with Gasteiger partial charge in [0, 0.05) is 25.9 Å². The van der Waals surface area contributed by atoms with Crippen molar-refractivity contribution in [2.24, 2.45) is 0 Å². The molecule has 0 bridgehead atoms. The Labute approximate surface area is 131 Å². The van der Waals surface area contributed by atoms with Gasteiger partial charge in [-0.25, -0.2) is 4.39 Å². The van der Waals surface area contributed by atoms with Gasteiger partial charge < -0.3 is 15.0 Å². The summed E-state index contributed by atoms with van der Waals surface area (Å²) in [6.07, 6.45) is 3.27. The Morgan fingerprint density at radius 2 is 2.09 bits per heavy atom. The van der Waals surface area contributed by atoms with Crippen molar-refractivity contribution < 1.29 is 13.9 Å². The summed E-state index contributed by atoms with van der Waals surface area (Å²) in [5, 5.41) is 3.09. The number of hydrogen-bond acceptors (Lipinski definition) is 3. The van der Waals surface area contributed by atoms with E-state index in [1.54, 1.807) is 18.2 Å². The number of para-hydroxylation sites is 1. The monoisotopic (exact) mass is 308 g/mol. The number of ether oxygens (including phenoxy) is 1. The summed E-state index contributed by atoms with van der Waals surface area (Å²) in [7, 11) is 1.83. The molecule has 1 unspecified atom stereocenters. The Morgan fingerprint density at radius 3 is 2.68 bits per heavy atom. The first-order chi connectivity index (χ1) is 10.7. The van der Waals surface area contributed by atoms with Crippen LogP contribution in [0.3, 0.4) is 0 Å². The van der Waals surface area contributed by atoms with Crippen molar-refractivity contribution in [3.05, 3.63) is 30.1 Å².